The third-order valence-corrected chi connectivity index (χ3v) is 4.69. The van der Waals surface area contributed by atoms with Crippen LogP contribution < -0.4 is 24.3 Å². The fourth-order valence-electron chi connectivity index (χ4n) is 2.72. The highest BCUT2D eigenvalue weighted by atomic mass is 32.2. The third-order valence-electron chi connectivity index (χ3n) is 3.92. The van der Waals surface area contributed by atoms with Gasteiger partial charge in [-0.1, -0.05) is 0 Å². The fraction of sp³-hybridized carbons (Fsp3) is 0.278. The van der Waals surface area contributed by atoms with Crippen molar-refractivity contribution in [3.05, 3.63) is 35.9 Å². The van der Waals surface area contributed by atoms with Crippen molar-refractivity contribution in [3.63, 3.8) is 0 Å². The number of amides is 1. The molecule has 2 aromatic carbocycles. The number of rotatable bonds is 3. The normalized spacial score (nSPS) is 14.8. The van der Waals surface area contributed by atoms with Gasteiger partial charge in [-0.15, -0.1) is 11.8 Å². The zero-order valence-corrected chi connectivity index (χ0v) is 14.5. The van der Waals surface area contributed by atoms with Crippen molar-refractivity contribution < 1.29 is 23.7 Å². The van der Waals surface area contributed by atoms with E-state index in [9.17, 15) is 4.79 Å². The number of ether oxygens (including phenoxy) is 4. The molecule has 2 aromatic rings. The summed E-state index contributed by atoms with van der Waals surface area (Å²) in [5.41, 5.74) is 1.20. The quantitative estimate of drug-likeness (QED) is 0.849. The summed E-state index contributed by atoms with van der Waals surface area (Å²) in [6.07, 6.45) is 1.95. The highest BCUT2D eigenvalue weighted by Crippen LogP contribution is 2.39. The summed E-state index contributed by atoms with van der Waals surface area (Å²) in [7, 11) is 0. The van der Waals surface area contributed by atoms with E-state index >= 15 is 0 Å². The summed E-state index contributed by atoms with van der Waals surface area (Å²) in [4.78, 5) is 13.6. The molecule has 0 bridgehead atoms. The Balaban J connectivity index is 1.60. The molecule has 0 unspecified atom stereocenters. The van der Waals surface area contributed by atoms with Crippen LogP contribution in [0.3, 0.4) is 0 Å². The second kappa shape index (κ2) is 6.76. The van der Waals surface area contributed by atoms with Crippen molar-refractivity contribution >= 4 is 23.4 Å². The molecule has 1 amide bonds. The van der Waals surface area contributed by atoms with E-state index in [4.69, 9.17) is 18.9 Å². The number of thioether (sulfide) groups is 1. The number of nitrogens with one attached hydrogen (secondary N) is 1. The van der Waals surface area contributed by atoms with Crippen molar-refractivity contribution in [2.75, 3.05) is 38.0 Å². The van der Waals surface area contributed by atoms with Crippen LogP contribution in [0, 0.1) is 0 Å². The first-order valence-corrected chi connectivity index (χ1v) is 9.16. The molecule has 2 aliphatic heterocycles. The zero-order chi connectivity index (χ0) is 17.2. The van der Waals surface area contributed by atoms with Crippen LogP contribution in [0.25, 0.3) is 0 Å². The van der Waals surface area contributed by atoms with Crippen LogP contribution in [-0.2, 0) is 0 Å². The SMILES string of the molecule is CSc1cc2c(cc1NC(=O)c1ccc3c(c1)OCCO3)OCCO2. The molecular weight excluding hydrogens is 342 g/mol. The number of carbonyl (C=O) groups is 1. The maximum atomic E-state index is 12.6. The van der Waals surface area contributed by atoms with Crippen molar-refractivity contribution in [1.82, 2.24) is 0 Å². The Labute approximate surface area is 149 Å². The molecule has 1 N–H and O–H groups in total. The number of carbonyl (C=O) groups excluding carboxylic acids is 1. The molecule has 2 heterocycles. The van der Waals surface area contributed by atoms with Crippen LogP contribution in [0.2, 0.25) is 0 Å². The number of anilines is 1. The molecule has 6 nitrogen and oxygen atoms in total. The number of benzene rings is 2. The van der Waals surface area contributed by atoms with E-state index in [1.165, 1.54) is 11.8 Å². The van der Waals surface area contributed by atoms with E-state index < -0.39 is 0 Å². The van der Waals surface area contributed by atoms with Gasteiger partial charge in [0.25, 0.3) is 5.91 Å². The first-order valence-electron chi connectivity index (χ1n) is 7.93. The maximum absolute atomic E-state index is 12.6. The van der Waals surface area contributed by atoms with Crippen molar-refractivity contribution in [2.45, 2.75) is 4.90 Å². The molecule has 0 atom stereocenters. The summed E-state index contributed by atoms with van der Waals surface area (Å²) in [5.74, 6) is 2.37. The molecule has 0 fully saturated rings. The number of hydrogen-bond donors (Lipinski definition) is 1. The number of hydrogen-bond acceptors (Lipinski definition) is 6. The predicted molar refractivity (Wildman–Crippen MR) is 94.6 cm³/mol. The van der Waals surface area contributed by atoms with E-state index in [1.807, 2.05) is 12.3 Å². The first-order chi connectivity index (χ1) is 12.2. The standard InChI is InChI=1S/C18H17NO5S/c1-25-17-10-16-15(23-6-7-24-16)9-12(17)19-18(20)11-2-3-13-14(8-11)22-5-4-21-13/h2-3,8-10H,4-7H2,1H3,(H,19,20). The Bertz CT molecular complexity index is 823. The smallest absolute Gasteiger partial charge is 0.255 e. The van der Waals surface area contributed by atoms with Crippen LogP contribution >= 0.6 is 11.8 Å². The predicted octanol–water partition coefficient (Wildman–Crippen LogP) is 3.20. The molecule has 4 rings (SSSR count). The molecule has 0 aliphatic carbocycles. The van der Waals surface area contributed by atoms with Gasteiger partial charge in [0, 0.05) is 16.5 Å². The van der Waals surface area contributed by atoms with Crippen LogP contribution in [0.15, 0.2) is 35.2 Å². The van der Waals surface area contributed by atoms with Crippen LogP contribution in [0.5, 0.6) is 23.0 Å². The molecule has 0 saturated heterocycles. The highest BCUT2D eigenvalue weighted by molar-refractivity contribution is 7.98. The summed E-state index contributed by atoms with van der Waals surface area (Å²) < 4.78 is 22.2. The zero-order valence-electron chi connectivity index (χ0n) is 13.7. The van der Waals surface area contributed by atoms with Gasteiger partial charge < -0.3 is 24.3 Å². The molecule has 0 aromatic heterocycles. The number of fused-ring (bicyclic) bond motifs is 2. The van der Waals surface area contributed by atoms with Crippen molar-refractivity contribution in [2.24, 2.45) is 0 Å². The molecule has 130 valence electrons. The summed E-state index contributed by atoms with van der Waals surface area (Å²) >= 11 is 1.53. The van der Waals surface area contributed by atoms with Crippen LogP contribution in [0.1, 0.15) is 10.4 Å². The molecule has 0 spiro atoms. The average molecular weight is 359 g/mol. The van der Waals surface area contributed by atoms with Gasteiger partial charge in [-0.2, -0.15) is 0 Å². The second-order valence-corrected chi connectivity index (χ2v) is 6.36. The second-order valence-electron chi connectivity index (χ2n) is 5.51. The van der Waals surface area contributed by atoms with E-state index in [0.29, 0.717) is 60.7 Å². The first kappa shape index (κ1) is 16.0. The third kappa shape index (κ3) is 3.19. The Hall–Kier alpha value is -2.54. The molecule has 7 heteroatoms. The molecular formula is C18H17NO5S. The monoisotopic (exact) mass is 359 g/mol. The Kier molecular flexibility index (Phi) is 4.31. The van der Waals surface area contributed by atoms with E-state index in [0.717, 1.165) is 4.90 Å². The Morgan fingerprint density at radius 2 is 1.48 bits per heavy atom. The van der Waals surface area contributed by atoms with E-state index in [1.54, 1.807) is 24.3 Å². The Morgan fingerprint density at radius 3 is 2.16 bits per heavy atom. The lowest BCUT2D eigenvalue weighted by Gasteiger charge is -2.21. The minimum absolute atomic E-state index is 0.219. The Morgan fingerprint density at radius 1 is 0.880 bits per heavy atom. The summed E-state index contributed by atoms with van der Waals surface area (Å²) in [6.45, 7) is 2.04. The van der Waals surface area contributed by atoms with Gasteiger partial charge in [-0.3, -0.25) is 4.79 Å². The largest absolute Gasteiger partial charge is 0.486 e. The summed E-state index contributed by atoms with van der Waals surface area (Å²) in [5, 5.41) is 2.94. The van der Waals surface area contributed by atoms with E-state index in [2.05, 4.69) is 5.32 Å². The minimum atomic E-state index is -0.219. The lowest BCUT2D eigenvalue weighted by atomic mass is 10.1. The van der Waals surface area contributed by atoms with Gasteiger partial charge in [0.2, 0.25) is 0 Å². The van der Waals surface area contributed by atoms with Gasteiger partial charge in [-0.05, 0) is 30.5 Å². The minimum Gasteiger partial charge on any atom is -0.486 e. The lowest BCUT2D eigenvalue weighted by molar-refractivity contribution is 0.102. The lowest BCUT2D eigenvalue weighted by Crippen LogP contribution is -2.18. The van der Waals surface area contributed by atoms with Crippen molar-refractivity contribution in [3.8, 4) is 23.0 Å². The molecule has 0 saturated carbocycles. The van der Waals surface area contributed by atoms with Gasteiger partial charge in [0.15, 0.2) is 23.0 Å². The van der Waals surface area contributed by atoms with Crippen molar-refractivity contribution in [1.29, 1.82) is 0 Å². The van der Waals surface area contributed by atoms with E-state index in [-0.39, 0.29) is 5.91 Å². The molecule has 2 aliphatic rings. The molecule has 25 heavy (non-hydrogen) atoms. The van der Waals surface area contributed by atoms with Gasteiger partial charge in [0.1, 0.15) is 26.4 Å². The van der Waals surface area contributed by atoms with Gasteiger partial charge in [-0.25, -0.2) is 0 Å². The van der Waals surface area contributed by atoms with Gasteiger partial charge >= 0.3 is 0 Å². The topological polar surface area (TPSA) is 66.0 Å². The van der Waals surface area contributed by atoms with Gasteiger partial charge in [0.05, 0.1) is 5.69 Å². The van der Waals surface area contributed by atoms with Crippen LogP contribution in [0.4, 0.5) is 5.69 Å². The molecule has 0 radical (unpaired) electrons. The highest BCUT2D eigenvalue weighted by Gasteiger charge is 2.19. The maximum Gasteiger partial charge on any atom is 0.255 e. The van der Waals surface area contributed by atoms with Crippen LogP contribution in [-0.4, -0.2) is 38.6 Å². The fourth-order valence-corrected chi connectivity index (χ4v) is 3.27. The average Bonchev–Trinajstić information content (AvgIpc) is 2.67. The summed E-state index contributed by atoms with van der Waals surface area (Å²) in [6, 6.07) is 8.86.